The molecule has 4 aromatic heterocycles. The van der Waals surface area contributed by atoms with Crippen LogP contribution in [0.5, 0.6) is 0 Å². The van der Waals surface area contributed by atoms with Crippen LogP contribution in [0, 0.1) is 0 Å². The minimum atomic E-state index is -0.130. The van der Waals surface area contributed by atoms with Crippen LogP contribution < -0.4 is 0 Å². The van der Waals surface area contributed by atoms with Crippen LogP contribution in [0.1, 0.15) is 33.8 Å². The van der Waals surface area contributed by atoms with E-state index in [0.29, 0.717) is 30.5 Å². The van der Waals surface area contributed by atoms with Crippen molar-refractivity contribution in [3.05, 3.63) is 78.5 Å². The number of hydrogen-bond donors (Lipinski definition) is 0. The quantitative estimate of drug-likeness (QED) is 0.517. The molecule has 0 unspecified atom stereocenters. The lowest BCUT2D eigenvalue weighted by Gasteiger charge is -2.16. The molecule has 1 fully saturated rings. The van der Waals surface area contributed by atoms with Crippen molar-refractivity contribution in [2.24, 2.45) is 7.05 Å². The van der Waals surface area contributed by atoms with Crippen molar-refractivity contribution >= 4 is 5.91 Å². The number of aryl methyl sites for hydroxylation is 1. The Kier molecular flexibility index (Phi) is 4.55. The van der Waals surface area contributed by atoms with E-state index in [2.05, 4.69) is 25.2 Å². The van der Waals surface area contributed by atoms with Gasteiger partial charge in [0.1, 0.15) is 5.69 Å². The molecule has 1 amide bonds. The summed E-state index contributed by atoms with van der Waals surface area (Å²) in [6, 6.07) is 9.31. The van der Waals surface area contributed by atoms with Gasteiger partial charge in [-0.2, -0.15) is 10.1 Å². The van der Waals surface area contributed by atoms with Gasteiger partial charge in [-0.05, 0) is 29.8 Å². The molecule has 0 bridgehead atoms. The van der Waals surface area contributed by atoms with Gasteiger partial charge in [0, 0.05) is 62.6 Å². The highest BCUT2D eigenvalue weighted by atomic mass is 16.5. The van der Waals surface area contributed by atoms with E-state index >= 15 is 0 Å². The summed E-state index contributed by atoms with van der Waals surface area (Å²) < 4.78 is 7.23. The molecule has 2 atom stereocenters. The normalized spacial score (nSPS) is 18.6. The first kappa shape index (κ1) is 18.2. The third kappa shape index (κ3) is 3.24. The second-order valence-corrected chi connectivity index (χ2v) is 7.24. The summed E-state index contributed by atoms with van der Waals surface area (Å²) in [7, 11) is 1.76. The summed E-state index contributed by atoms with van der Waals surface area (Å²) in [4.78, 5) is 27.8. The number of pyridine rings is 2. The maximum atomic E-state index is 13.1. The fourth-order valence-electron chi connectivity index (χ4n) is 3.90. The fourth-order valence-corrected chi connectivity index (χ4v) is 3.90. The zero-order valence-corrected chi connectivity index (χ0v) is 16.3. The zero-order valence-electron chi connectivity index (χ0n) is 16.3. The molecule has 0 N–H and O–H groups in total. The summed E-state index contributed by atoms with van der Waals surface area (Å²) in [6.45, 7) is 1.01. The smallest absolute Gasteiger partial charge is 0.272 e. The molecule has 0 aliphatic carbocycles. The summed E-state index contributed by atoms with van der Waals surface area (Å²) >= 11 is 0. The maximum Gasteiger partial charge on any atom is 0.272 e. The molecular formula is C21H19N7O2. The van der Waals surface area contributed by atoms with Crippen LogP contribution in [0.25, 0.3) is 11.4 Å². The lowest BCUT2D eigenvalue weighted by molar-refractivity contribution is 0.0777. The molecule has 0 aromatic carbocycles. The first-order valence-electron chi connectivity index (χ1n) is 9.62. The van der Waals surface area contributed by atoms with Gasteiger partial charge >= 0.3 is 0 Å². The van der Waals surface area contributed by atoms with Gasteiger partial charge in [-0.3, -0.25) is 19.4 Å². The Labute approximate surface area is 172 Å². The average Bonchev–Trinajstić information content (AvgIpc) is 3.53. The van der Waals surface area contributed by atoms with Gasteiger partial charge in [-0.15, -0.1) is 0 Å². The molecule has 30 heavy (non-hydrogen) atoms. The van der Waals surface area contributed by atoms with E-state index in [0.717, 1.165) is 11.1 Å². The first-order valence-corrected chi connectivity index (χ1v) is 9.62. The summed E-state index contributed by atoms with van der Waals surface area (Å²) in [6.07, 6.45) is 8.57. The van der Waals surface area contributed by atoms with E-state index in [4.69, 9.17) is 4.52 Å². The minimum Gasteiger partial charge on any atom is -0.339 e. The third-order valence-corrected chi connectivity index (χ3v) is 5.46. The van der Waals surface area contributed by atoms with E-state index < -0.39 is 0 Å². The van der Waals surface area contributed by atoms with Crippen LogP contribution in [0.4, 0.5) is 0 Å². The standard InChI is InChI=1S/C21H19N7O2/c1-27-18(6-10-24-27)21(29)28-12-16(15-3-2-7-23-11-15)17(13-28)20-25-19(26-30-20)14-4-8-22-9-5-14/h2-11,16-17H,12-13H2,1H3/t16-,17+/m0/s1. The number of likely N-dealkylation sites (tertiary alicyclic amines) is 1. The molecule has 0 spiro atoms. The van der Waals surface area contributed by atoms with Crippen molar-refractivity contribution < 1.29 is 9.32 Å². The van der Waals surface area contributed by atoms with Crippen LogP contribution in [0.15, 0.2) is 65.8 Å². The van der Waals surface area contributed by atoms with Gasteiger partial charge < -0.3 is 9.42 Å². The van der Waals surface area contributed by atoms with Crippen molar-refractivity contribution in [1.29, 1.82) is 0 Å². The number of nitrogens with zero attached hydrogens (tertiary/aromatic N) is 7. The third-order valence-electron chi connectivity index (χ3n) is 5.46. The Hall–Kier alpha value is -3.88. The van der Waals surface area contributed by atoms with Crippen LogP contribution in [-0.2, 0) is 7.05 Å². The summed E-state index contributed by atoms with van der Waals surface area (Å²) in [5.41, 5.74) is 2.41. The van der Waals surface area contributed by atoms with Crippen LogP contribution in [0.3, 0.4) is 0 Å². The topological polar surface area (TPSA) is 103 Å². The average molecular weight is 401 g/mol. The van der Waals surface area contributed by atoms with E-state index in [-0.39, 0.29) is 17.7 Å². The predicted molar refractivity (Wildman–Crippen MR) is 106 cm³/mol. The molecule has 0 radical (unpaired) electrons. The number of rotatable bonds is 4. The van der Waals surface area contributed by atoms with Gasteiger partial charge in [0.2, 0.25) is 11.7 Å². The Morgan fingerprint density at radius 1 is 1.03 bits per heavy atom. The lowest BCUT2D eigenvalue weighted by atomic mass is 9.90. The number of carbonyl (C=O) groups is 1. The van der Waals surface area contributed by atoms with Gasteiger partial charge in [-0.25, -0.2) is 0 Å². The van der Waals surface area contributed by atoms with Crippen molar-refractivity contribution in [3.8, 4) is 11.4 Å². The van der Waals surface area contributed by atoms with Crippen LogP contribution >= 0.6 is 0 Å². The molecule has 9 nitrogen and oxygen atoms in total. The highest BCUT2D eigenvalue weighted by Crippen LogP contribution is 2.39. The second-order valence-electron chi connectivity index (χ2n) is 7.24. The molecule has 1 aliphatic rings. The van der Waals surface area contributed by atoms with Crippen molar-refractivity contribution in [3.63, 3.8) is 0 Å². The van der Waals surface area contributed by atoms with E-state index in [9.17, 15) is 4.79 Å². The van der Waals surface area contributed by atoms with Gasteiger partial charge in [0.25, 0.3) is 5.91 Å². The number of amides is 1. The highest BCUT2D eigenvalue weighted by Gasteiger charge is 2.41. The van der Waals surface area contributed by atoms with E-state index in [1.54, 1.807) is 42.6 Å². The molecule has 5 heterocycles. The Balaban J connectivity index is 1.48. The molecule has 5 rings (SSSR count). The Morgan fingerprint density at radius 2 is 1.87 bits per heavy atom. The second kappa shape index (κ2) is 7.51. The minimum absolute atomic E-state index is 0.00150. The molecular weight excluding hydrogens is 382 g/mol. The molecule has 9 heteroatoms. The van der Waals surface area contributed by atoms with E-state index in [1.165, 1.54) is 0 Å². The maximum absolute atomic E-state index is 13.1. The zero-order chi connectivity index (χ0) is 20.5. The van der Waals surface area contributed by atoms with Crippen LogP contribution in [0.2, 0.25) is 0 Å². The predicted octanol–water partition coefficient (Wildman–Crippen LogP) is 2.28. The van der Waals surface area contributed by atoms with Crippen LogP contribution in [-0.4, -0.2) is 53.8 Å². The first-order chi connectivity index (χ1) is 14.7. The molecule has 1 aliphatic heterocycles. The molecule has 1 saturated heterocycles. The van der Waals surface area contributed by atoms with E-state index in [1.807, 2.05) is 35.4 Å². The van der Waals surface area contributed by atoms with Crippen molar-refractivity contribution in [1.82, 2.24) is 34.8 Å². The molecule has 0 saturated carbocycles. The Morgan fingerprint density at radius 3 is 2.60 bits per heavy atom. The number of aromatic nitrogens is 6. The highest BCUT2D eigenvalue weighted by molar-refractivity contribution is 5.92. The summed E-state index contributed by atoms with van der Waals surface area (Å²) in [5, 5.41) is 8.26. The molecule has 150 valence electrons. The SMILES string of the molecule is Cn1nccc1C(=O)N1C[C@@H](c2cccnc2)[C@H](c2nc(-c3ccncc3)no2)C1. The van der Waals surface area contributed by atoms with Gasteiger partial charge in [0.15, 0.2) is 0 Å². The summed E-state index contributed by atoms with van der Waals surface area (Å²) in [5.74, 6) is 0.820. The number of hydrogen-bond acceptors (Lipinski definition) is 7. The fraction of sp³-hybridized carbons (Fsp3) is 0.238. The lowest BCUT2D eigenvalue weighted by Crippen LogP contribution is -2.30. The van der Waals surface area contributed by atoms with Crippen molar-refractivity contribution in [2.45, 2.75) is 11.8 Å². The Bertz CT molecular complexity index is 1160. The number of carbonyl (C=O) groups excluding carboxylic acids is 1. The van der Waals surface area contributed by atoms with Gasteiger partial charge in [0.05, 0.1) is 5.92 Å². The van der Waals surface area contributed by atoms with Crippen molar-refractivity contribution in [2.75, 3.05) is 13.1 Å². The molecule has 4 aromatic rings. The van der Waals surface area contributed by atoms with Gasteiger partial charge in [-0.1, -0.05) is 11.2 Å². The monoisotopic (exact) mass is 401 g/mol. The largest absolute Gasteiger partial charge is 0.339 e.